The fourth-order valence-electron chi connectivity index (χ4n) is 3.08. The van der Waals surface area contributed by atoms with Crippen molar-refractivity contribution in [3.05, 3.63) is 96.1 Å². The molecule has 1 amide bonds. The highest BCUT2D eigenvalue weighted by Gasteiger charge is 2.31. The average Bonchev–Trinajstić information content (AvgIpc) is 2.73. The minimum Gasteiger partial charge on any atom is -0.326 e. The van der Waals surface area contributed by atoms with Gasteiger partial charge in [-0.3, -0.25) is 9.59 Å². The Morgan fingerprint density at radius 2 is 1.38 bits per heavy atom. The van der Waals surface area contributed by atoms with Gasteiger partial charge >= 0.3 is 0 Å². The standard InChI is InChI=1S/C23H21NO4S/c1-17(25)24-20-12-14-21(15-13-20)29(27,28)23(19-10-6-3-7-11-19)16-22(26)18-8-4-2-5-9-18/h2-15,23H,16H2,1H3,(H,24,25)/t23-/m0/s1. The van der Waals surface area contributed by atoms with Crippen LogP contribution in [0.1, 0.15) is 34.5 Å². The summed E-state index contributed by atoms with van der Waals surface area (Å²) in [4.78, 5) is 24.0. The minimum absolute atomic E-state index is 0.0984. The summed E-state index contributed by atoms with van der Waals surface area (Å²) >= 11 is 0. The number of anilines is 1. The molecule has 0 fully saturated rings. The SMILES string of the molecule is CC(=O)Nc1ccc(S(=O)(=O)[C@@H](CC(=O)c2ccccc2)c2ccccc2)cc1. The molecule has 3 aromatic carbocycles. The molecule has 5 nitrogen and oxygen atoms in total. The van der Waals surface area contributed by atoms with Crippen LogP contribution in [0.3, 0.4) is 0 Å². The molecule has 6 heteroatoms. The molecule has 0 bridgehead atoms. The van der Waals surface area contributed by atoms with E-state index < -0.39 is 15.1 Å². The van der Waals surface area contributed by atoms with Gasteiger partial charge in [0.05, 0.1) is 10.1 Å². The number of amides is 1. The normalized spacial score (nSPS) is 12.2. The van der Waals surface area contributed by atoms with Crippen LogP contribution in [0.15, 0.2) is 89.8 Å². The Labute approximate surface area is 170 Å². The molecule has 0 aliphatic carbocycles. The molecule has 3 aromatic rings. The maximum atomic E-state index is 13.4. The van der Waals surface area contributed by atoms with E-state index in [2.05, 4.69) is 5.32 Å². The highest BCUT2D eigenvalue weighted by atomic mass is 32.2. The van der Waals surface area contributed by atoms with Crippen LogP contribution in [-0.4, -0.2) is 20.1 Å². The zero-order valence-electron chi connectivity index (χ0n) is 15.9. The molecule has 1 N–H and O–H groups in total. The van der Waals surface area contributed by atoms with Crippen molar-refractivity contribution in [2.24, 2.45) is 0 Å². The Bertz CT molecular complexity index is 1090. The summed E-state index contributed by atoms with van der Waals surface area (Å²) in [6.45, 7) is 1.38. The summed E-state index contributed by atoms with van der Waals surface area (Å²) in [7, 11) is -3.84. The number of nitrogens with one attached hydrogen (secondary N) is 1. The third-order valence-corrected chi connectivity index (χ3v) is 6.63. The lowest BCUT2D eigenvalue weighted by Gasteiger charge is -2.18. The van der Waals surface area contributed by atoms with E-state index in [9.17, 15) is 18.0 Å². The fraction of sp³-hybridized carbons (Fsp3) is 0.130. The topological polar surface area (TPSA) is 80.3 Å². The van der Waals surface area contributed by atoms with Crippen LogP contribution in [0.2, 0.25) is 0 Å². The van der Waals surface area contributed by atoms with E-state index in [-0.39, 0.29) is 23.0 Å². The van der Waals surface area contributed by atoms with Crippen molar-refractivity contribution in [1.29, 1.82) is 0 Å². The summed E-state index contributed by atoms with van der Waals surface area (Å²) < 4.78 is 26.8. The van der Waals surface area contributed by atoms with Gasteiger partial charge in [-0.15, -0.1) is 0 Å². The van der Waals surface area contributed by atoms with Crippen LogP contribution in [0, 0.1) is 0 Å². The largest absolute Gasteiger partial charge is 0.326 e. The molecule has 0 heterocycles. The Morgan fingerprint density at radius 1 is 0.828 bits per heavy atom. The number of ketones is 1. The van der Waals surface area contributed by atoms with E-state index in [0.717, 1.165) is 0 Å². The molecule has 148 valence electrons. The molecule has 0 saturated heterocycles. The second-order valence-electron chi connectivity index (χ2n) is 6.64. The Morgan fingerprint density at radius 3 is 1.93 bits per heavy atom. The maximum absolute atomic E-state index is 13.4. The van der Waals surface area contributed by atoms with E-state index in [1.54, 1.807) is 60.7 Å². The van der Waals surface area contributed by atoms with Gasteiger partial charge in [-0.1, -0.05) is 60.7 Å². The maximum Gasteiger partial charge on any atom is 0.221 e. The van der Waals surface area contributed by atoms with Crippen molar-refractivity contribution in [2.45, 2.75) is 23.5 Å². The third kappa shape index (κ3) is 4.97. The molecule has 0 spiro atoms. The molecule has 0 aromatic heterocycles. The zero-order chi connectivity index (χ0) is 20.9. The van der Waals surface area contributed by atoms with Gasteiger partial charge in [-0.05, 0) is 29.8 Å². The van der Waals surface area contributed by atoms with E-state index in [1.807, 2.05) is 0 Å². The van der Waals surface area contributed by atoms with Gasteiger partial charge in [-0.2, -0.15) is 0 Å². The third-order valence-electron chi connectivity index (χ3n) is 4.52. The van der Waals surface area contributed by atoms with Crippen LogP contribution < -0.4 is 5.32 Å². The number of Topliss-reactive ketones (excluding diaryl/α,β-unsaturated/α-hetero) is 1. The van der Waals surface area contributed by atoms with E-state index in [1.165, 1.54) is 31.2 Å². The highest BCUT2D eigenvalue weighted by molar-refractivity contribution is 7.91. The molecule has 0 aliphatic heterocycles. The summed E-state index contributed by atoms with van der Waals surface area (Å²) in [6.07, 6.45) is -0.163. The van der Waals surface area contributed by atoms with Crippen molar-refractivity contribution >= 4 is 27.2 Å². The fourth-order valence-corrected chi connectivity index (χ4v) is 4.81. The second kappa shape index (κ2) is 8.84. The van der Waals surface area contributed by atoms with Gasteiger partial charge < -0.3 is 5.32 Å². The number of benzene rings is 3. The van der Waals surface area contributed by atoms with Gasteiger partial charge in [0.15, 0.2) is 15.6 Å². The van der Waals surface area contributed by atoms with Crippen molar-refractivity contribution < 1.29 is 18.0 Å². The number of carbonyl (C=O) groups excluding carboxylic acids is 2. The quantitative estimate of drug-likeness (QED) is 0.588. The van der Waals surface area contributed by atoms with E-state index >= 15 is 0 Å². The van der Waals surface area contributed by atoms with Crippen molar-refractivity contribution in [1.82, 2.24) is 0 Å². The lowest BCUT2D eigenvalue weighted by atomic mass is 10.0. The predicted octanol–water partition coefficient (Wildman–Crippen LogP) is 4.43. The van der Waals surface area contributed by atoms with Crippen LogP contribution in [0.5, 0.6) is 0 Å². The van der Waals surface area contributed by atoms with Gasteiger partial charge in [0.1, 0.15) is 0 Å². The number of hydrogen-bond acceptors (Lipinski definition) is 4. The minimum atomic E-state index is -3.84. The predicted molar refractivity (Wildman–Crippen MR) is 113 cm³/mol. The molecule has 0 aliphatic rings. The van der Waals surface area contributed by atoms with Crippen LogP contribution in [-0.2, 0) is 14.6 Å². The van der Waals surface area contributed by atoms with Gasteiger partial charge in [0.25, 0.3) is 0 Å². The molecule has 3 rings (SSSR count). The van der Waals surface area contributed by atoms with Gasteiger partial charge in [-0.25, -0.2) is 8.42 Å². The van der Waals surface area contributed by atoms with Crippen LogP contribution in [0.25, 0.3) is 0 Å². The molecule has 29 heavy (non-hydrogen) atoms. The highest BCUT2D eigenvalue weighted by Crippen LogP contribution is 2.33. The molecule has 0 radical (unpaired) electrons. The monoisotopic (exact) mass is 407 g/mol. The van der Waals surface area contributed by atoms with Crippen molar-refractivity contribution in [2.75, 3.05) is 5.32 Å². The molecule has 1 atom stereocenters. The van der Waals surface area contributed by atoms with E-state index in [0.29, 0.717) is 16.8 Å². The summed E-state index contributed by atoms with van der Waals surface area (Å²) in [5, 5.41) is 1.60. The first-order chi connectivity index (χ1) is 13.9. The first-order valence-corrected chi connectivity index (χ1v) is 10.7. The van der Waals surface area contributed by atoms with Crippen molar-refractivity contribution in [3.63, 3.8) is 0 Å². The summed E-state index contributed by atoms with van der Waals surface area (Å²) in [5.74, 6) is -0.478. The van der Waals surface area contributed by atoms with Crippen LogP contribution >= 0.6 is 0 Å². The zero-order valence-corrected chi connectivity index (χ0v) is 16.7. The lowest BCUT2D eigenvalue weighted by Crippen LogP contribution is -2.18. The second-order valence-corrected chi connectivity index (χ2v) is 8.77. The van der Waals surface area contributed by atoms with Gasteiger partial charge in [0.2, 0.25) is 5.91 Å². The number of sulfone groups is 1. The molecule has 0 unspecified atom stereocenters. The molecular weight excluding hydrogens is 386 g/mol. The first-order valence-electron chi connectivity index (χ1n) is 9.12. The summed E-state index contributed by atoms with van der Waals surface area (Å²) in [6, 6.07) is 23.4. The number of rotatable bonds is 7. The van der Waals surface area contributed by atoms with E-state index in [4.69, 9.17) is 0 Å². The molecular formula is C23H21NO4S. The number of hydrogen-bond donors (Lipinski definition) is 1. The van der Waals surface area contributed by atoms with Gasteiger partial charge in [0, 0.05) is 24.6 Å². The Hall–Kier alpha value is -3.25. The Balaban J connectivity index is 1.96. The van der Waals surface area contributed by atoms with Crippen molar-refractivity contribution in [3.8, 4) is 0 Å². The summed E-state index contributed by atoms with van der Waals surface area (Å²) in [5.41, 5.74) is 1.54. The smallest absolute Gasteiger partial charge is 0.221 e. The lowest BCUT2D eigenvalue weighted by molar-refractivity contribution is -0.114. The van der Waals surface area contributed by atoms with Crippen LogP contribution in [0.4, 0.5) is 5.69 Å². The Kier molecular flexibility index (Phi) is 6.24. The molecule has 0 saturated carbocycles. The number of carbonyl (C=O) groups is 2. The first kappa shape index (κ1) is 20.5. The average molecular weight is 407 g/mol.